The molecule has 2 atom stereocenters. The molecule has 1 aliphatic heterocycles. The Morgan fingerprint density at radius 3 is 2.57 bits per heavy atom. The van der Waals surface area contributed by atoms with Crippen molar-refractivity contribution in [2.45, 2.75) is 25.8 Å². The maximum atomic E-state index is 11.7. The minimum atomic E-state index is -0.763. The van der Waals surface area contributed by atoms with E-state index in [1.54, 1.807) is 20.3 Å². The van der Waals surface area contributed by atoms with Crippen LogP contribution < -0.4 is 14.2 Å². The summed E-state index contributed by atoms with van der Waals surface area (Å²) in [5, 5.41) is 10.2. The summed E-state index contributed by atoms with van der Waals surface area (Å²) in [4.78, 5) is 13.9. The molecule has 0 radical (unpaired) electrons. The van der Waals surface area contributed by atoms with Crippen LogP contribution in [0.3, 0.4) is 0 Å². The highest BCUT2D eigenvalue weighted by molar-refractivity contribution is 6.30. The number of carboxylic acids is 1. The molecule has 2 aromatic carbocycles. The van der Waals surface area contributed by atoms with E-state index >= 15 is 0 Å². The van der Waals surface area contributed by atoms with Crippen molar-refractivity contribution in [2.75, 3.05) is 33.9 Å². The van der Waals surface area contributed by atoms with Gasteiger partial charge in [0, 0.05) is 17.1 Å². The van der Waals surface area contributed by atoms with Gasteiger partial charge < -0.3 is 19.3 Å². The summed E-state index contributed by atoms with van der Waals surface area (Å²) in [5.41, 5.74) is 1.86. The van der Waals surface area contributed by atoms with Crippen LogP contribution in [-0.2, 0) is 4.79 Å². The van der Waals surface area contributed by atoms with Crippen LogP contribution >= 0.6 is 11.6 Å². The van der Waals surface area contributed by atoms with E-state index in [0.717, 1.165) is 24.1 Å². The molecule has 30 heavy (non-hydrogen) atoms. The second kappa shape index (κ2) is 10.0. The molecule has 0 amide bonds. The Hall–Kier alpha value is -2.44. The van der Waals surface area contributed by atoms with Crippen LogP contribution in [0.2, 0.25) is 5.02 Å². The lowest BCUT2D eigenvalue weighted by Crippen LogP contribution is -2.41. The number of carbonyl (C=O) groups is 1. The number of hydrogen-bond donors (Lipinski definition) is 1. The van der Waals surface area contributed by atoms with Gasteiger partial charge in [-0.05, 0) is 62.2 Å². The highest BCUT2D eigenvalue weighted by atomic mass is 35.5. The van der Waals surface area contributed by atoms with Crippen molar-refractivity contribution in [3.63, 3.8) is 0 Å². The molecule has 1 N–H and O–H groups in total. The van der Waals surface area contributed by atoms with Gasteiger partial charge in [0.25, 0.3) is 0 Å². The maximum absolute atomic E-state index is 11.7. The van der Waals surface area contributed by atoms with Crippen molar-refractivity contribution in [3.05, 3.63) is 52.5 Å². The van der Waals surface area contributed by atoms with Crippen LogP contribution in [0.1, 0.15) is 36.9 Å². The van der Waals surface area contributed by atoms with E-state index in [4.69, 9.17) is 25.8 Å². The second-order valence-electron chi connectivity index (χ2n) is 7.30. The maximum Gasteiger partial charge on any atom is 0.307 e. The van der Waals surface area contributed by atoms with Crippen molar-refractivity contribution in [1.82, 2.24) is 4.90 Å². The number of rotatable bonds is 8. The van der Waals surface area contributed by atoms with Gasteiger partial charge in [0.2, 0.25) is 0 Å². The highest BCUT2D eigenvalue weighted by Crippen LogP contribution is 2.41. The summed E-state index contributed by atoms with van der Waals surface area (Å²) in [7, 11) is 3.23. The SMILES string of the molecule is CCOc1cc(C(c2cc(Cl)ccc2OC)N2CCCC(C(=O)O)C2)ccc1OC. The van der Waals surface area contributed by atoms with Crippen molar-refractivity contribution in [2.24, 2.45) is 5.92 Å². The van der Waals surface area contributed by atoms with E-state index in [-0.39, 0.29) is 6.04 Å². The molecule has 1 saturated heterocycles. The molecule has 1 fully saturated rings. The predicted molar refractivity (Wildman–Crippen MR) is 116 cm³/mol. The van der Waals surface area contributed by atoms with Crippen LogP contribution in [0.15, 0.2) is 36.4 Å². The molecule has 2 unspecified atom stereocenters. The van der Waals surface area contributed by atoms with Crippen LogP contribution in [0.25, 0.3) is 0 Å². The minimum Gasteiger partial charge on any atom is -0.496 e. The van der Waals surface area contributed by atoms with Crippen molar-refractivity contribution in [1.29, 1.82) is 0 Å². The fourth-order valence-electron chi connectivity index (χ4n) is 4.08. The molecule has 162 valence electrons. The monoisotopic (exact) mass is 433 g/mol. The zero-order chi connectivity index (χ0) is 21.7. The molecule has 0 aromatic heterocycles. The normalized spacial score (nSPS) is 17.9. The highest BCUT2D eigenvalue weighted by Gasteiger charge is 2.33. The molecular formula is C23H28ClNO5. The van der Waals surface area contributed by atoms with Crippen molar-refractivity contribution in [3.8, 4) is 17.2 Å². The van der Waals surface area contributed by atoms with Crippen molar-refractivity contribution >= 4 is 17.6 Å². The molecule has 7 heteroatoms. The lowest BCUT2D eigenvalue weighted by atomic mass is 9.91. The molecule has 0 bridgehead atoms. The van der Waals surface area contributed by atoms with E-state index in [2.05, 4.69) is 4.90 Å². The number of likely N-dealkylation sites (tertiary alicyclic amines) is 1. The quantitative estimate of drug-likeness (QED) is 0.654. The fraction of sp³-hybridized carbons (Fsp3) is 0.435. The third-order valence-electron chi connectivity index (χ3n) is 5.46. The van der Waals surface area contributed by atoms with Crippen LogP contribution in [0.5, 0.6) is 17.2 Å². The van der Waals surface area contributed by atoms with E-state index in [9.17, 15) is 9.90 Å². The van der Waals surface area contributed by atoms with Crippen LogP contribution in [-0.4, -0.2) is 49.9 Å². The van der Waals surface area contributed by atoms with Gasteiger partial charge in [0.05, 0.1) is 32.8 Å². The first-order valence-corrected chi connectivity index (χ1v) is 10.5. The summed E-state index contributed by atoms with van der Waals surface area (Å²) >= 11 is 6.34. The van der Waals surface area contributed by atoms with Crippen molar-refractivity contribution < 1.29 is 24.1 Å². The lowest BCUT2D eigenvalue weighted by molar-refractivity contribution is -0.143. The van der Waals surface area contributed by atoms with E-state index in [1.807, 2.05) is 37.3 Å². The Balaban J connectivity index is 2.12. The molecule has 0 aliphatic carbocycles. The number of hydrogen-bond acceptors (Lipinski definition) is 5. The first-order chi connectivity index (χ1) is 14.5. The number of carboxylic acid groups (broad SMARTS) is 1. The zero-order valence-electron chi connectivity index (χ0n) is 17.6. The van der Waals surface area contributed by atoms with E-state index < -0.39 is 11.9 Å². The number of halogens is 1. The first kappa shape index (κ1) is 22.2. The number of piperidine rings is 1. The summed E-state index contributed by atoms with van der Waals surface area (Å²) in [6.45, 7) is 3.66. The second-order valence-corrected chi connectivity index (χ2v) is 7.74. The molecule has 1 heterocycles. The molecule has 0 spiro atoms. The topological polar surface area (TPSA) is 68.2 Å². The summed E-state index contributed by atoms with van der Waals surface area (Å²) in [5.74, 6) is 0.836. The summed E-state index contributed by atoms with van der Waals surface area (Å²) in [6.07, 6.45) is 1.49. The number of methoxy groups -OCH3 is 2. The third kappa shape index (κ3) is 4.82. The molecule has 3 rings (SSSR count). The Bertz CT molecular complexity index is 888. The van der Waals surface area contributed by atoms with Gasteiger partial charge in [-0.3, -0.25) is 9.69 Å². The molecular weight excluding hydrogens is 406 g/mol. The summed E-state index contributed by atoms with van der Waals surface area (Å²) < 4.78 is 16.9. The number of benzene rings is 2. The summed E-state index contributed by atoms with van der Waals surface area (Å²) in [6, 6.07) is 11.1. The predicted octanol–water partition coefficient (Wildman–Crippen LogP) is 4.64. The smallest absolute Gasteiger partial charge is 0.307 e. The Labute approximate surface area is 182 Å². The minimum absolute atomic E-state index is 0.231. The van der Waals surface area contributed by atoms with E-state index in [1.165, 1.54) is 0 Å². The van der Waals surface area contributed by atoms with E-state index in [0.29, 0.717) is 41.8 Å². The van der Waals surface area contributed by atoms with Gasteiger partial charge in [0.15, 0.2) is 11.5 Å². The van der Waals surface area contributed by atoms with Gasteiger partial charge in [-0.15, -0.1) is 0 Å². The molecule has 0 saturated carbocycles. The van der Waals surface area contributed by atoms with Gasteiger partial charge in [-0.1, -0.05) is 17.7 Å². The number of ether oxygens (including phenoxy) is 3. The molecule has 2 aromatic rings. The van der Waals surface area contributed by atoms with Gasteiger partial charge in [-0.25, -0.2) is 0 Å². The van der Waals surface area contributed by atoms with Gasteiger partial charge >= 0.3 is 5.97 Å². The first-order valence-electron chi connectivity index (χ1n) is 10.1. The zero-order valence-corrected chi connectivity index (χ0v) is 18.3. The Kier molecular flexibility index (Phi) is 7.45. The third-order valence-corrected chi connectivity index (χ3v) is 5.69. The van der Waals surface area contributed by atoms with Crippen LogP contribution in [0.4, 0.5) is 0 Å². The number of nitrogens with zero attached hydrogens (tertiary/aromatic N) is 1. The lowest BCUT2D eigenvalue weighted by Gasteiger charge is -2.38. The largest absolute Gasteiger partial charge is 0.496 e. The fourth-order valence-corrected chi connectivity index (χ4v) is 4.26. The average Bonchev–Trinajstić information content (AvgIpc) is 2.75. The molecule has 1 aliphatic rings. The number of aliphatic carboxylic acids is 1. The van der Waals surface area contributed by atoms with Gasteiger partial charge in [-0.2, -0.15) is 0 Å². The Morgan fingerprint density at radius 2 is 1.90 bits per heavy atom. The standard InChI is InChI=1S/C23H28ClNO5/c1-4-30-21-12-15(7-9-20(21)29-3)22(18-13-17(24)8-10-19(18)28-2)25-11-5-6-16(14-25)23(26)27/h7-10,12-13,16,22H,4-6,11,14H2,1-3H3,(H,26,27). The average molecular weight is 434 g/mol. The Morgan fingerprint density at radius 1 is 1.17 bits per heavy atom. The van der Waals surface area contributed by atoms with Crippen LogP contribution in [0, 0.1) is 5.92 Å². The van der Waals surface area contributed by atoms with Gasteiger partial charge in [0.1, 0.15) is 5.75 Å². The molecule has 6 nitrogen and oxygen atoms in total.